The summed E-state index contributed by atoms with van der Waals surface area (Å²) in [5.41, 5.74) is 6.78. The predicted molar refractivity (Wildman–Crippen MR) is 50.7 cm³/mol. The fourth-order valence-electron chi connectivity index (χ4n) is 1.79. The van der Waals surface area contributed by atoms with Crippen LogP contribution in [0.25, 0.3) is 0 Å². The first kappa shape index (κ1) is 8.75. The summed E-state index contributed by atoms with van der Waals surface area (Å²) < 4.78 is 5.70. The van der Waals surface area contributed by atoms with Gasteiger partial charge in [-0.15, -0.1) is 0 Å². The summed E-state index contributed by atoms with van der Waals surface area (Å²) in [5, 5.41) is 0. The molecule has 0 bridgehead atoms. The van der Waals surface area contributed by atoms with Crippen molar-refractivity contribution in [2.24, 2.45) is 5.73 Å². The molecule has 3 nitrogen and oxygen atoms in total. The third kappa shape index (κ3) is 1.37. The molecule has 3 heteroatoms. The largest absolute Gasteiger partial charge is 0.445 e. The van der Waals surface area contributed by atoms with Gasteiger partial charge >= 0.3 is 0 Å². The lowest BCUT2D eigenvalue weighted by Gasteiger charge is -2.04. The second kappa shape index (κ2) is 3.14. The van der Waals surface area contributed by atoms with Crippen molar-refractivity contribution in [3.63, 3.8) is 0 Å². The van der Waals surface area contributed by atoms with Gasteiger partial charge in [0.05, 0.1) is 5.69 Å². The minimum atomic E-state index is 0.379. The van der Waals surface area contributed by atoms with E-state index in [2.05, 4.69) is 18.8 Å². The second-order valence-corrected chi connectivity index (χ2v) is 3.99. The van der Waals surface area contributed by atoms with Gasteiger partial charge in [0.1, 0.15) is 5.76 Å². The lowest BCUT2D eigenvalue weighted by atomic mass is 10.1. The van der Waals surface area contributed by atoms with Gasteiger partial charge in [0, 0.05) is 18.4 Å². The smallest absolute Gasteiger partial charge is 0.197 e. The zero-order valence-corrected chi connectivity index (χ0v) is 8.21. The van der Waals surface area contributed by atoms with Crippen LogP contribution in [0.1, 0.15) is 49.4 Å². The molecular weight excluding hydrogens is 164 g/mol. The SMILES string of the molecule is CC(C)c1nc2c(o1)C(CN)CC2. The average Bonchev–Trinajstić information content (AvgIpc) is 2.60. The first-order valence-electron chi connectivity index (χ1n) is 4.92. The molecule has 1 aromatic heterocycles. The van der Waals surface area contributed by atoms with Crippen LogP contribution in [0.3, 0.4) is 0 Å². The number of nitrogens with zero attached hydrogens (tertiary/aromatic N) is 1. The van der Waals surface area contributed by atoms with Gasteiger partial charge in [0.25, 0.3) is 0 Å². The topological polar surface area (TPSA) is 52.0 Å². The van der Waals surface area contributed by atoms with E-state index in [1.165, 1.54) is 0 Å². The number of aryl methyl sites for hydroxylation is 1. The molecule has 2 N–H and O–H groups in total. The molecule has 13 heavy (non-hydrogen) atoms. The zero-order valence-electron chi connectivity index (χ0n) is 8.21. The van der Waals surface area contributed by atoms with Crippen LogP contribution in [-0.4, -0.2) is 11.5 Å². The summed E-state index contributed by atoms with van der Waals surface area (Å²) >= 11 is 0. The second-order valence-electron chi connectivity index (χ2n) is 3.99. The average molecular weight is 180 g/mol. The monoisotopic (exact) mass is 180 g/mol. The van der Waals surface area contributed by atoms with Crippen molar-refractivity contribution in [3.8, 4) is 0 Å². The molecule has 1 aliphatic carbocycles. The zero-order chi connectivity index (χ0) is 9.42. The van der Waals surface area contributed by atoms with Crippen molar-refractivity contribution >= 4 is 0 Å². The van der Waals surface area contributed by atoms with E-state index in [0.717, 1.165) is 30.2 Å². The lowest BCUT2D eigenvalue weighted by Crippen LogP contribution is -2.08. The molecule has 0 radical (unpaired) electrons. The summed E-state index contributed by atoms with van der Waals surface area (Å²) in [7, 11) is 0. The molecular formula is C10H16N2O. The third-order valence-corrected chi connectivity index (χ3v) is 2.62. The fourth-order valence-corrected chi connectivity index (χ4v) is 1.79. The Bertz CT molecular complexity index is 304. The maximum Gasteiger partial charge on any atom is 0.197 e. The molecule has 0 aromatic carbocycles. The number of nitrogens with two attached hydrogens (primary N) is 1. The van der Waals surface area contributed by atoms with Gasteiger partial charge in [-0.2, -0.15) is 0 Å². The number of rotatable bonds is 2. The molecule has 0 spiro atoms. The Morgan fingerprint density at radius 2 is 2.38 bits per heavy atom. The summed E-state index contributed by atoms with van der Waals surface area (Å²) in [4.78, 5) is 4.47. The maximum absolute atomic E-state index is 5.70. The number of hydrogen-bond donors (Lipinski definition) is 1. The molecule has 0 aliphatic heterocycles. The quantitative estimate of drug-likeness (QED) is 0.754. The highest BCUT2D eigenvalue weighted by atomic mass is 16.4. The Kier molecular flexibility index (Phi) is 2.12. The first-order valence-corrected chi connectivity index (χ1v) is 4.92. The van der Waals surface area contributed by atoms with E-state index < -0.39 is 0 Å². The molecule has 0 fully saturated rings. The van der Waals surface area contributed by atoms with Crippen LogP contribution in [0, 0.1) is 0 Å². The highest BCUT2D eigenvalue weighted by Gasteiger charge is 2.28. The van der Waals surface area contributed by atoms with E-state index in [-0.39, 0.29) is 0 Å². The Labute approximate surface area is 78.3 Å². The van der Waals surface area contributed by atoms with Crippen LogP contribution in [-0.2, 0) is 6.42 Å². The highest BCUT2D eigenvalue weighted by molar-refractivity contribution is 5.22. The highest BCUT2D eigenvalue weighted by Crippen LogP contribution is 2.34. The molecule has 0 amide bonds. The lowest BCUT2D eigenvalue weighted by molar-refractivity contribution is 0.411. The van der Waals surface area contributed by atoms with Crippen LogP contribution >= 0.6 is 0 Å². The van der Waals surface area contributed by atoms with E-state index in [0.29, 0.717) is 18.4 Å². The van der Waals surface area contributed by atoms with E-state index >= 15 is 0 Å². The predicted octanol–water partition coefficient (Wildman–Crippen LogP) is 1.79. The molecule has 72 valence electrons. The molecule has 1 aliphatic rings. The molecule has 1 heterocycles. The number of hydrogen-bond acceptors (Lipinski definition) is 3. The van der Waals surface area contributed by atoms with Crippen LogP contribution in [0.2, 0.25) is 0 Å². The Morgan fingerprint density at radius 1 is 1.62 bits per heavy atom. The maximum atomic E-state index is 5.70. The Hall–Kier alpha value is -0.830. The number of fused-ring (bicyclic) bond motifs is 1. The third-order valence-electron chi connectivity index (χ3n) is 2.62. The molecule has 0 saturated carbocycles. The van der Waals surface area contributed by atoms with E-state index in [4.69, 9.17) is 10.2 Å². The standard InChI is InChI=1S/C10H16N2O/c1-6(2)10-12-8-4-3-7(5-11)9(8)13-10/h6-7H,3-5,11H2,1-2H3. The van der Waals surface area contributed by atoms with Crippen LogP contribution in [0.5, 0.6) is 0 Å². The van der Waals surface area contributed by atoms with Gasteiger partial charge < -0.3 is 10.2 Å². The minimum Gasteiger partial charge on any atom is -0.445 e. The molecule has 1 unspecified atom stereocenters. The van der Waals surface area contributed by atoms with E-state index in [1.807, 2.05) is 0 Å². The molecule has 2 rings (SSSR count). The summed E-state index contributed by atoms with van der Waals surface area (Å²) in [5.74, 6) is 2.70. The van der Waals surface area contributed by atoms with Crippen molar-refractivity contribution in [2.45, 2.75) is 38.5 Å². The van der Waals surface area contributed by atoms with Crippen molar-refractivity contribution in [3.05, 3.63) is 17.3 Å². The van der Waals surface area contributed by atoms with Gasteiger partial charge in [0.2, 0.25) is 0 Å². The summed E-state index contributed by atoms with van der Waals surface area (Å²) in [6, 6.07) is 0. The van der Waals surface area contributed by atoms with Crippen LogP contribution in [0.4, 0.5) is 0 Å². The summed E-state index contributed by atoms with van der Waals surface area (Å²) in [6.07, 6.45) is 2.14. The van der Waals surface area contributed by atoms with Gasteiger partial charge in [-0.3, -0.25) is 0 Å². The summed E-state index contributed by atoms with van der Waals surface area (Å²) in [6.45, 7) is 4.87. The van der Waals surface area contributed by atoms with Crippen LogP contribution < -0.4 is 5.73 Å². The molecule has 1 atom stereocenters. The number of oxazole rings is 1. The van der Waals surface area contributed by atoms with E-state index in [9.17, 15) is 0 Å². The van der Waals surface area contributed by atoms with Gasteiger partial charge in [0.15, 0.2) is 5.89 Å². The van der Waals surface area contributed by atoms with Crippen molar-refractivity contribution in [2.75, 3.05) is 6.54 Å². The van der Waals surface area contributed by atoms with Gasteiger partial charge in [-0.05, 0) is 12.8 Å². The normalized spacial score (nSPS) is 21.1. The molecule has 1 aromatic rings. The van der Waals surface area contributed by atoms with E-state index in [1.54, 1.807) is 0 Å². The molecule has 0 saturated heterocycles. The Morgan fingerprint density at radius 3 is 3.00 bits per heavy atom. The van der Waals surface area contributed by atoms with Crippen molar-refractivity contribution in [1.29, 1.82) is 0 Å². The van der Waals surface area contributed by atoms with Gasteiger partial charge in [-0.25, -0.2) is 4.98 Å². The van der Waals surface area contributed by atoms with Crippen LogP contribution in [0.15, 0.2) is 4.42 Å². The van der Waals surface area contributed by atoms with Crippen molar-refractivity contribution < 1.29 is 4.42 Å². The van der Waals surface area contributed by atoms with Crippen molar-refractivity contribution in [1.82, 2.24) is 4.98 Å². The van der Waals surface area contributed by atoms with Gasteiger partial charge in [-0.1, -0.05) is 13.8 Å². The fraction of sp³-hybridized carbons (Fsp3) is 0.700. The minimum absolute atomic E-state index is 0.379. The first-order chi connectivity index (χ1) is 6.22. The number of aromatic nitrogens is 1. The Balaban J connectivity index is 2.31.